The standard InChI is InChI=1S/C28H31N9O3/c1-29-28(39)32-20-7-5-19(6-8-20)24-33-25(35-14-16-40-17-15-35)22-18-31-37(26(22)34-24)21-9-12-36(13-10-21)27(38)23-4-2-3-11-30-23/h2-8,11,18,21H,9-10,12-17H2,1H3,(H2,29,32,39). The first-order chi connectivity index (χ1) is 19.6. The minimum absolute atomic E-state index is 0.0436. The molecule has 12 nitrogen and oxygen atoms in total. The predicted molar refractivity (Wildman–Crippen MR) is 150 cm³/mol. The number of ether oxygens (including phenoxy) is 1. The van der Waals surface area contributed by atoms with Crippen LogP contribution in [0.2, 0.25) is 0 Å². The van der Waals surface area contributed by atoms with Crippen molar-refractivity contribution in [1.29, 1.82) is 0 Å². The van der Waals surface area contributed by atoms with Crippen molar-refractivity contribution in [3.05, 3.63) is 60.6 Å². The molecule has 12 heteroatoms. The largest absolute Gasteiger partial charge is 0.378 e. The number of anilines is 2. The van der Waals surface area contributed by atoms with E-state index in [4.69, 9.17) is 19.8 Å². The van der Waals surface area contributed by atoms with Crippen molar-refractivity contribution in [2.24, 2.45) is 0 Å². The fraction of sp³-hybridized carbons (Fsp3) is 0.357. The van der Waals surface area contributed by atoms with E-state index in [-0.39, 0.29) is 18.0 Å². The zero-order chi connectivity index (χ0) is 27.5. The van der Waals surface area contributed by atoms with Gasteiger partial charge >= 0.3 is 6.03 Å². The van der Waals surface area contributed by atoms with Gasteiger partial charge in [0.25, 0.3) is 5.91 Å². The summed E-state index contributed by atoms with van der Waals surface area (Å²) < 4.78 is 7.58. The lowest BCUT2D eigenvalue weighted by Crippen LogP contribution is -2.39. The molecular formula is C28H31N9O3. The monoisotopic (exact) mass is 541 g/mol. The summed E-state index contributed by atoms with van der Waals surface area (Å²) in [6.07, 6.45) is 5.03. The number of fused-ring (bicyclic) bond motifs is 1. The van der Waals surface area contributed by atoms with Gasteiger partial charge in [-0.1, -0.05) is 6.07 Å². The van der Waals surface area contributed by atoms with Gasteiger partial charge in [0.1, 0.15) is 11.5 Å². The Morgan fingerprint density at radius 3 is 2.45 bits per heavy atom. The van der Waals surface area contributed by atoms with Gasteiger partial charge in [-0.3, -0.25) is 9.78 Å². The number of amides is 3. The number of carbonyl (C=O) groups is 2. The van der Waals surface area contributed by atoms with Crippen LogP contribution in [0.3, 0.4) is 0 Å². The smallest absolute Gasteiger partial charge is 0.318 e. The van der Waals surface area contributed by atoms with Crippen LogP contribution in [0.1, 0.15) is 29.4 Å². The van der Waals surface area contributed by atoms with Gasteiger partial charge in [-0.2, -0.15) is 5.10 Å². The Bertz CT molecular complexity index is 1490. The van der Waals surface area contributed by atoms with Crippen LogP contribution in [0.15, 0.2) is 54.9 Å². The van der Waals surface area contributed by atoms with Crippen molar-refractivity contribution in [1.82, 2.24) is 34.9 Å². The van der Waals surface area contributed by atoms with Crippen LogP contribution in [-0.2, 0) is 4.74 Å². The number of hydrogen-bond acceptors (Lipinski definition) is 8. The van der Waals surface area contributed by atoms with Crippen LogP contribution >= 0.6 is 0 Å². The summed E-state index contributed by atoms with van der Waals surface area (Å²) in [5, 5.41) is 11.0. The average Bonchev–Trinajstić information content (AvgIpc) is 3.45. The van der Waals surface area contributed by atoms with E-state index in [1.165, 1.54) is 0 Å². The Hall–Kier alpha value is -4.58. The normalized spacial score (nSPS) is 16.2. The maximum absolute atomic E-state index is 12.9. The highest BCUT2D eigenvalue weighted by Gasteiger charge is 2.28. The number of benzene rings is 1. The van der Waals surface area contributed by atoms with Gasteiger partial charge in [0, 0.05) is 50.7 Å². The van der Waals surface area contributed by atoms with E-state index >= 15 is 0 Å². The Kier molecular flexibility index (Phi) is 7.23. The van der Waals surface area contributed by atoms with Crippen molar-refractivity contribution in [3.63, 3.8) is 0 Å². The van der Waals surface area contributed by atoms with Crippen molar-refractivity contribution in [3.8, 4) is 11.4 Å². The van der Waals surface area contributed by atoms with E-state index < -0.39 is 0 Å². The molecule has 0 saturated carbocycles. The first-order valence-electron chi connectivity index (χ1n) is 13.5. The quantitative estimate of drug-likeness (QED) is 0.394. The number of piperidine rings is 1. The van der Waals surface area contributed by atoms with E-state index in [0.717, 1.165) is 48.3 Å². The molecule has 2 fully saturated rings. The minimum atomic E-state index is -0.281. The molecule has 206 valence electrons. The molecular weight excluding hydrogens is 510 g/mol. The summed E-state index contributed by atoms with van der Waals surface area (Å²) in [5.41, 5.74) is 2.75. The highest BCUT2D eigenvalue weighted by Crippen LogP contribution is 2.32. The number of morpholine rings is 1. The van der Waals surface area contributed by atoms with Crippen molar-refractivity contribution in [2.45, 2.75) is 18.9 Å². The number of hydrogen-bond donors (Lipinski definition) is 2. The third-order valence-electron chi connectivity index (χ3n) is 7.35. The molecule has 4 aromatic rings. The van der Waals surface area contributed by atoms with Gasteiger partial charge in [0.05, 0.1) is 30.8 Å². The van der Waals surface area contributed by atoms with E-state index in [0.29, 0.717) is 43.5 Å². The lowest BCUT2D eigenvalue weighted by atomic mass is 10.0. The van der Waals surface area contributed by atoms with Crippen molar-refractivity contribution in [2.75, 3.05) is 56.7 Å². The lowest BCUT2D eigenvalue weighted by Gasteiger charge is -2.32. The summed E-state index contributed by atoms with van der Waals surface area (Å²) in [6, 6.07) is 12.7. The highest BCUT2D eigenvalue weighted by atomic mass is 16.5. The Balaban J connectivity index is 1.30. The van der Waals surface area contributed by atoms with E-state index in [1.807, 2.05) is 52.2 Å². The zero-order valence-corrected chi connectivity index (χ0v) is 22.3. The molecule has 0 radical (unpaired) electrons. The molecule has 3 aromatic heterocycles. The summed E-state index contributed by atoms with van der Waals surface area (Å²) >= 11 is 0. The SMILES string of the molecule is CNC(=O)Nc1ccc(-c2nc(N3CCOCC3)c3cnn(C4CCN(C(=O)c5ccccn5)CC4)c3n2)cc1. The van der Waals surface area contributed by atoms with Gasteiger partial charge < -0.3 is 25.2 Å². The minimum Gasteiger partial charge on any atom is -0.378 e. The highest BCUT2D eigenvalue weighted by molar-refractivity contribution is 5.92. The third-order valence-corrected chi connectivity index (χ3v) is 7.35. The Labute approximate surface area is 231 Å². The number of carbonyl (C=O) groups excluding carboxylic acids is 2. The topological polar surface area (TPSA) is 130 Å². The van der Waals surface area contributed by atoms with Crippen molar-refractivity contribution >= 4 is 34.5 Å². The molecule has 0 unspecified atom stereocenters. The maximum atomic E-state index is 12.9. The first-order valence-corrected chi connectivity index (χ1v) is 13.5. The molecule has 0 aliphatic carbocycles. The lowest BCUT2D eigenvalue weighted by molar-refractivity contribution is 0.0685. The fourth-order valence-electron chi connectivity index (χ4n) is 5.18. The van der Waals surface area contributed by atoms with Crippen LogP contribution in [0.25, 0.3) is 22.4 Å². The number of urea groups is 1. The van der Waals surface area contributed by atoms with E-state index in [2.05, 4.69) is 20.5 Å². The van der Waals surface area contributed by atoms with Crippen molar-refractivity contribution < 1.29 is 14.3 Å². The second kappa shape index (κ2) is 11.3. The predicted octanol–water partition coefficient (Wildman–Crippen LogP) is 2.95. The second-order valence-corrected chi connectivity index (χ2v) is 9.82. The summed E-state index contributed by atoms with van der Waals surface area (Å²) in [6.45, 7) is 3.99. The number of rotatable bonds is 5. The molecule has 6 rings (SSSR count). The molecule has 5 heterocycles. The summed E-state index contributed by atoms with van der Waals surface area (Å²) in [5.74, 6) is 1.38. The van der Waals surface area contributed by atoms with E-state index in [9.17, 15) is 9.59 Å². The third kappa shape index (κ3) is 5.17. The van der Waals surface area contributed by atoms with E-state index in [1.54, 1.807) is 19.3 Å². The van der Waals surface area contributed by atoms with Crippen LogP contribution < -0.4 is 15.5 Å². The number of pyridine rings is 1. The van der Waals surface area contributed by atoms with Gasteiger partial charge in [-0.25, -0.2) is 19.4 Å². The molecule has 2 aliphatic rings. The van der Waals surface area contributed by atoms with Crippen LogP contribution in [-0.4, -0.2) is 88.0 Å². The summed E-state index contributed by atoms with van der Waals surface area (Å²) in [7, 11) is 1.57. The van der Waals surface area contributed by atoms with Gasteiger partial charge in [0.15, 0.2) is 11.5 Å². The molecule has 2 aliphatic heterocycles. The molecule has 2 N–H and O–H groups in total. The molecule has 3 amide bonds. The average molecular weight is 542 g/mol. The van der Waals surface area contributed by atoms with Gasteiger partial charge in [0.2, 0.25) is 0 Å². The number of likely N-dealkylation sites (tertiary alicyclic amines) is 1. The molecule has 1 aromatic carbocycles. The maximum Gasteiger partial charge on any atom is 0.318 e. The molecule has 0 atom stereocenters. The Morgan fingerprint density at radius 1 is 0.975 bits per heavy atom. The zero-order valence-electron chi connectivity index (χ0n) is 22.3. The molecule has 0 bridgehead atoms. The van der Waals surface area contributed by atoms with Crippen LogP contribution in [0.4, 0.5) is 16.3 Å². The van der Waals surface area contributed by atoms with Gasteiger partial charge in [-0.05, 0) is 49.2 Å². The second-order valence-electron chi connectivity index (χ2n) is 9.82. The van der Waals surface area contributed by atoms with Crippen LogP contribution in [0, 0.1) is 0 Å². The molecule has 40 heavy (non-hydrogen) atoms. The fourth-order valence-corrected chi connectivity index (χ4v) is 5.18. The van der Waals surface area contributed by atoms with Gasteiger partial charge in [-0.15, -0.1) is 0 Å². The Morgan fingerprint density at radius 2 is 1.75 bits per heavy atom. The molecule has 2 saturated heterocycles. The first kappa shape index (κ1) is 25.7. The number of aromatic nitrogens is 5. The van der Waals surface area contributed by atoms with Crippen LogP contribution in [0.5, 0.6) is 0 Å². The number of nitrogens with one attached hydrogen (secondary N) is 2. The summed E-state index contributed by atoms with van der Waals surface area (Å²) in [4.78, 5) is 42.9. The number of nitrogens with zero attached hydrogens (tertiary/aromatic N) is 7. The molecule has 0 spiro atoms.